The Morgan fingerprint density at radius 1 is 1.31 bits per heavy atom. The molecule has 0 aromatic rings. The molecule has 2 N–H and O–H groups in total. The molecule has 0 heterocycles. The van der Waals surface area contributed by atoms with Crippen LogP contribution in [-0.4, -0.2) is 35.0 Å². The highest BCUT2D eigenvalue weighted by Gasteiger charge is 2.26. The van der Waals surface area contributed by atoms with Crippen molar-refractivity contribution >= 4 is 12.3 Å². The second-order valence-corrected chi connectivity index (χ2v) is 2.07. The van der Waals surface area contributed by atoms with Crippen LogP contribution in [0, 0.1) is 0 Å². The Morgan fingerprint density at radius 3 is 2.08 bits per heavy atom. The van der Waals surface area contributed by atoms with E-state index in [9.17, 15) is 14.0 Å². The van der Waals surface area contributed by atoms with Crippen molar-refractivity contribution < 1.29 is 33.7 Å². The predicted molar refractivity (Wildman–Crippen MR) is 37.2 cm³/mol. The highest BCUT2D eigenvalue weighted by Crippen LogP contribution is 2.10. The predicted octanol–water partition coefficient (Wildman–Crippen LogP) is 1.45. The molecule has 13 heavy (non-hydrogen) atoms. The molecular weight excluding hydrogens is 187 g/mol. The molecule has 0 aromatic heterocycles. The summed E-state index contributed by atoms with van der Waals surface area (Å²) in [6.45, 7) is 1.44. The van der Waals surface area contributed by atoms with E-state index in [0.29, 0.717) is 0 Å². The second kappa shape index (κ2) is 5.18. The van der Waals surface area contributed by atoms with E-state index in [1.807, 2.05) is 0 Å². The van der Waals surface area contributed by atoms with Gasteiger partial charge in [-0.05, 0) is 6.42 Å². The summed E-state index contributed by atoms with van der Waals surface area (Å²) in [5, 5.41) is 16.1. The Kier molecular flexibility index (Phi) is 4.57. The Balaban J connectivity index is 4.06. The molecule has 0 aliphatic rings. The lowest BCUT2D eigenvalue weighted by Crippen LogP contribution is -2.30. The highest BCUT2D eigenvalue weighted by molar-refractivity contribution is 5.58. The number of ether oxygens (including phenoxy) is 2. The number of carboxylic acid groups (broad SMARTS) is 2. The van der Waals surface area contributed by atoms with Crippen LogP contribution < -0.4 is 0 Å². The molecule has 0 amide bonds. The summed E-state index contributed by atoms with van der Waals surface area (Å²) in [5.74, 6) is 0. The normalized spacial score (nSPS) is 14.3. The first-order chi connectivity index (χ1) is 5.97. The van der Waals surface area contributed by atoms with Gasteiger partial charge < -0.3 is 19.7 Å². The molecule has 2 atom stereocenters. The van der Waals surface area contributed by atoms with E-state index in [4.69, 9.17) is 10.2 Å². The molecular formula is C6H9FO6. The first kappa shape index (κ1) is 11.5. The monoisotopic (exact) mass is 196 g/mol. The summed E-state index contributed by atoms with van der Waals surface area (Å²) in [6, 6.07) is 0. The molecule has 0 rings (SSSR count). The van der Waals surface area contributed by atoms with E-state index >= 15 is 0 Å². The third-order valence-corrected chi connectivity index (χ3v) is 1.16. The SMILES string of the molecule is CCC(OC(=O)O)C(F)OC(=O)O. The van der Waals surface area contributed by atoms with Crippen LogP contribution in [0.15, 0.2) is 0 Å². The van der Waals surface area contributed by atoms with Crippen LogP contribution in [0.4, 0.5) is 14.0 Å². The number of hydrogen-bond acceptors (Lipinski definition) is 4. The fourth-order valence-electron chi connectivity index (χ4n) is 0.624. The topological polar surface area (TPSA) is 93.1 Å². The van der Waals surface area contributed by atoms with Gasteiger partial charge in [0.05, 0.1) is 0 Å². The quantitative estimate of drug-likeness (QED) is 0.661. The maximum atomic E-state index is 12.7. The third-order valence-electron chi connectivity index (χ3n) is 1.16. The first-order valence-corrected chi connectivity index (χ1v) is 3.40. The minimum atomic E-state index is -2.29. The van der Waals surface area contributed by atoms with E-state index in [1.165, 1.54) is 6.92 Å². The van der Waals surface area contributed by atoms with Crippen molar-refractivity contribution in [3.8, 4) is 0 Å². The van der Waals surface area contributed by atoms with Crippen LogP contribution in [0.1, 0.15) is 13.3 Å². The summed E-state index contributed by atoms with van der Waals surface area (Å²) < 4.78 is 20.4. The molecule has 0 fully saturated rings. The largest absolute Gasteiger partial charge is 0.508 e. The Hall–Kier alpha value is -1.53. The van der Waals surface area contributed by atoms with E-state index in [-0.39, 0.29) is 6.42 Å². The maximum Gasteiger partial charge on any atom is 0.508 e. The summed E-state index contributed by atoms with van der Waals surface area (Å²) in [5.41, 5.74) is 0. The van der Waals surface area contributed by atoms with Crippen LogP contribution in [0.2, 0.25) is 0 Å². The van der Waals surface area contributed by atoms with Gasteiger partial charge in [0.1, 0.15) is 0 Å². The van der Waals surface area contributed by atoms with Gasteiger partial charge >= 0.3 is 12.3 Å². The van der Waals surface area contributed by atoms with Gasteiger partial charge in [0.25, 0.3) is 6.36 Å². The lowest BCUT2D eigenvalue weighted by atomic mass is 10.3. The van der Waals surface area contributed by atoms with E-state index in [2.05, 4.69) is 9.47 Å². The smallest absolute Gasteiger partial charge is 0.450 e. The minimum absolute atomic E-state index is 0.0131. The van der Waals surface area contributed by atoms with Gasteiger partial charge in [-0.3, -0.25) is 0 Å². The van der Waals surface area contributed by atoms with Gasteiger partial charge in [-0.1, -0.05) is 6.92 Å². The number of carbonyl (C=O) groups is 2. The van der Waals surface area contributed by atoms with Crippen molar-refractivity contribution in [3.63, 3.8) is 0 Å². The molecule has 0 radical (unpaired) electrons. The zero-order chi connectivity index (χ0) is 10.4. The first-order valence-electron chi connectivity index (χ1n) is 3.40. The fraction of sp³-hybridized carbons (Fsp3) is 0.667. The molecule has 0 saturated heterocycles. The standard InChI is InChI=1S/C6H9FO6/c1-2-3(12-5(8)9)4(7)13-6(10)11/h3-4H,2H2,1H3,(H,8,9)(H,10,11). The summed E-state index contributed by atoms with van der Waals surface area (Å²) in [7, 11) is 0. The van der Waals surface area contributed by atoms with Crippen molar-refractivity contribution in [2.75, 3.05) is 0 Å². The highest BCUT2D eigenvalue weighted by atomic mass is 19.1. The number of hydrogen-bond donors (Lipinski definition) is 2. The second-order valence-electron chi connectivity index (χ2n) is 2.07. The van der Waals surface area contributed by atoms with Gasteiger partial charge in [0.15, 0.2) is 6.10 Å². The van der Waals surface area contributed by atoms with Crippen molar-refractivity contribution in [2.45, 2.75) is 25.8 Å². The van der Waals surface area contributed by atoms with E-state index in [0.717, 1.165) is 0 Å². The molecule has 76 valence electrons. The van der Waals surface area contributed by atoms with Gasteiger partial charge in [-0.15, -0.1) is 0 Å². The van der Waals surface area contributed by atoms with Crippen molar-refractivity contribution in [1.29, 1.82) is 0 Å². The van der Waals surface area contributed by atoms with Crippen LogP contribution in [0.3, 0.4) is 0 Å². The van der Waals surface area contributed by atoms with Crippen molar-refractivity contribution in [3.05, 3.63) is 0 Å². The molecule has 7 heteroatoms. The molecule has 0 saturated carbocycles. The molecule has 0 aliphatic heterocycles. The molecule has 0 aromatic carbocycles. The van der Waals surface area contributed by atoms with Crippen LogP contribution in [-0.2, 0) is 9.47 Å². The third kappa shape index (κ3) is 4.83. The molecule has 6 nitrogen and oxygen atoms in total. The van der Waals surface area contributed by atoms with Crippen LogP contribution in [0.5, 0.6) is 0 Å². The lowest BCUT2D eigenvalue weighted by molar-refractivity contribution is -0.0990. The van der Waals surface area contributed by atoms with Gasteiger partial charge in [0.2, 0.25) is 0 Å². The molecule has 0 spiro atoms. The van der Waals surface area contributed by atoms with Crippen molar-refractivity contribution in [2.24, 2.45) is 0 Å². The fourth-order valence-corrected chi connectivity index (χ4v) is 0.624. The zero-order valence-corrected chi connectivity index (χ0v) is 6.77. The Morgan fingerprint density at radius 2 is 1.77 bits per heavy atom. The van der Waals surface area contributed by atoms with Gasteiger partial charge in [0, 0.05) is 0 Å². The van der Waals surface area contributed by atoms with Crippen molar-refractivity contribution in [1.82, 2.24) is 0 Å². The molecule has 2 unspecified atom stereocenters. The summed E-state index contributed by atoms with van der Waals surface area (Å²) >= 11 is 0. The Bertz CT molecular complexity index is 194. The Labute approximate surface area is 72.9 Å². The number of rotatable bonds is 4. The van der Waals surface area contributed by atoms with Gasteiger partial charge in [-0.25, -0.2) is 9.59 Å². The summed E-state index contributed by atoms with van der Waals surface area (Å²) in [4.78, 5) is 19.8. The molecule has 0 aliphatic carbocycles. The average Bonchev–Trinajstić information content (AvgIpc) is 1.98. The summed E-state index contributed by atoms with van der Waals surface area (Å²) in [6.07, 6.45) is -7.23. The zero-order valence-electron chi connectivity index (χ0n) is 6.77. The number of halogens is 1. The van der Waals surface area contributed by atoms with E-state index < -0.39 is 24.8 Å². The lowest BCUT2D eigenvalue weighted by Gasteiger charge is -2.16. The minimum Gasteiger partial charge on any atom is -0.450 e. The van der Waals surface area contributed by atoms with Crippen LogP contribution in [0.25, 0.3) is 0 Å². The molecule has 0 bridgehead atoms. The van der Waals surface area contributed by atoms with Gasteiger partial charge in [-0.2, -0.15) is 4.39 Å². The van der Waals surface area contributed by atoms with Crippen LogP contribution >= 0.6 is 0 Å². The number of alkyl halides is 1. The average molecular weight is 196 g/mol. The maximum absolute atomic E-state index is 12.7. The van der Waals surface area contributed by atoms with E-state index in [1.54, 1.807) is 0 Å².